The lowest BCUT2D eigenvalue weighted by Gasteiger charge is -2.13. The number of carbonyl (C=O) groups is 1. The number of phenols is 1. The molecule has 0 radical (unpaired) electrons. The summed E-state index contributed by atoms with van der Waals surface area (Å²) in [5.74, 6) is -0.557. The Balaban J connectivity index is 1.77. The molecular formula is C27H23Cl2N3O6S. The molecule has 0 atom stereocenters. The zero-order chi connectivity index (χ0) is 28.3. The van der Waals surface area contributed by atoms with E-state index >= 15 is 0 Å². The van der Waals surface area contributed by atoms with Crippen molar-refractivity contribution >= 4 is 67.1 Å². The average molecular weight is 588 g/mol. The highest BCUT2D eigenvalue weighted by Crippen LogP contribution is 2.41. The minimum absolute atomic E-state index is 0.0138. The average Bonchev–Trinajstić information content (AvgIpc) is 2.89. The first-order valence-electron chi connectivity index (χ1n) is 11.7. The molecule has 0 aromatic heterocycles. The third-order valence-corrected chi connectivity index (χ3v) is 7.19. The van der Waals surface area contributed by atoms with E-state index < -0.39 is 21.8 Å². The van der Waals surface area contributed by atoms with Gasteiger partial charge in [0.25, 0.3) is 16.0 Å². The Morgan fingerprint density at radius 2 is 1.69 bits per heavy atom. The molecule has 0 unspecified atom stereocenters. The number of halogens is 2. The van der Waals surface area contributed by atoms with Crippen LogP contribution in [0.4, 0.5) is 17.1 Å². The zero-order valence-corrected chi connectivity index (χ0v) is 23.1. The molecule has 0 heterocycles. The molecule has 12 heteroatoms. The molecule has 9 nitrogen and oxygen atoms in total. The second-order valence-electron chi connectivity index (χ2n) is 8.32. The lowest BCUT2D eigenvalue weighted by Crippen LogP contribution is -2.12. The van der Waals surface area contributed by atoms with Gasteiger partial charge in [-0.2, -0.15) is 8.42 Å². The third kappa shape index (κ3) is 6.15. The number of nitrogens with one attached hydrogen (secondary N) is 1. The van der Waals surface area contributed by atoms with Gasteiger partial charge < -0.3 is 15.2 Å². The third-order valence-electron chi connectivity index (χ3n) is 5.77. The van der Waals surface area contributed by atoms with E-state index in [-0.39, 0.29) is 26.9 Å². The van der Waals surface area contributed by atoms with Crippen molar-refractivity contribution in [2.75, 3.05) is 11.9 Å². The van der Waals surface area contributed by atoms with E-state index in [0.29, 0.717) is 45.8 Å². The van der Waals surface area contributed by atoms with Crippen LogP contribution in [0.1, 0.15) is 29.8 Å². The van der Waals surface area contributed by atoms with Gasteiger partial charge in [0.15, 0.2) is 5.75 Å². The number of hydrogen-bond donors (Lipinski definition) is 3. The summed E-state index contributed by atoms with van der Waals surface area (Å²) in [6.07, 6.45) is 0.331. The molecule has 1 amide bonds. The Kier molecular flexibility index (Phi) is 8.41. The van der Waals surface area contributed by atoms with Crippen LogP contribution in [0.25, 0.3) is 10.8 Å². The topological polar surface area (TPSA) is 138 Å². The van der Waals surface area contributed by atoms with E-state index in [9.17, 15) is 22.9 Å². The molecule has 4 rings (SSSR count). The van der Waals surface area contributed by atoms with Gasteiger partial charge in [-0.25, -0.2) is 0 Å². The molecule has 0 bridgehead atoms. The molecule has 0 saturated heterocycles. The van der Waals surface area contributed by atoms with Crippen LogP contribution < -0.4 is 10.1 Å². The summed E-state index contributed by atoms with van der Waals surface area (Å²) in [6, 6.07) is 15.6. The number of carbonyl (C=O) groups excluding carboxylic acids is 1. The molecule has 3 N–H and O–H groups in total. The lowest BCUT2D eigenvalue weighted by molar-refractivity contribution is 0.102. The summed E-state index contributed by atoms with van der Waals surface area (Å²) >= 11 is 12.5. The second kappa shape index (κ2) is 11.6. The standard InChI is InChI=1S/C27H23Cl2N3O6S/c1-3-15-11-18(39(35,36)37)14-22(29)24(15)31-32-25-19-8-6-5-7-16(19)12-20(26(25)33)27(34)30-17-9-10-23(38-4-2)21(28)13-17/h5-14,33H,3-4H2,1-2H3,(H,30,34)(H,35,36,37). The first-order valence-corrected chi connectivity index (χ1v) is 13.9. The van der Waals surface area contributed by atoms with Crippen molar-refractivity contribution in [3.05, 3.63) is 81.8 Å². The number of benzene rings is 4. The highest BCUT2D eigenvalue weighted by Gasteiger charge is 2.20. The molecular weight excluding hydrogens is 565 g/mol. The van der Waals surface area contributed by atoms with Crippen molar-refractivity contribution in [1.82, 2.24) is 0 Å². The molecule has 0 saturated carbocycles. The number of amides is 1. The number of fused-ring (bicyclic) bond motifs is 1. The quantitative estimate of drug-likeness (QED) is 0.142. The fourth-order valence-corrected chi connectivity index (χ4v) is 5.03. The molecule has 0 aliphatic carbocycles. The van der Waals surface area contributed by atoms with Gasteiger partial charge in [-0.1, -0.05) is 54.4 Å². The SMILES string of the molecule is CCOc1ccc(NC(=O)c2cc3ccccc3c(N=Nc3c(Cl)cc(S(=O)(=O)O)cc3CC)c2O)cc1Cl. The largest absolute Gasteiger partial charge is 0.505 e. The van der Waals surface area contributed by atoms with E-state index in [4.69, 9.17) is 27.9 Å². The molecule has 202 valence electrons. The second-order valence-corrected chi connectivity index (χ2v) is 10.6. The van der Waals surface area contributed by atoms with Gasteiger partial charge in [0.05, 0.1) is 27.1 Å². The van der Waals surface area contributed by atoms with E-state index in [2.05, 4.69) is 15.5 Å². The summed E-state index contributed by atoms with van der Waals surface area (Å²) in [5, 5.41) is 23.6. The van der Waals surface area contributed by atoms with Gasteiger partial charge in [0, 0.05) is 11.1 Å². The summed E-state index contributed by atoms with van der Waals surface area (Å²) in [6.45, 7) is 4.02. The highest BCUT2D eigenvalue weighted by molar-refractivity contribution is 7.85. The molecule has 4 aromatic rings. The number of anilines is 1. The number of rotatable bonds is 8. The molecule has 39 heavy (non-hydrogen) atoms. The number of azo groups is 1. The molecule has 0 spiro atoms. The maximum Gasteiger partial charge on any atom is 0.294 e. The Hall–Kier alpha value is -3.70. The van der Waals surface area contributed by atoms with Crippen LogP contribution in [-0.4, -0.2) is 30.6 Å². The van der Waals surface area contributed by atoms with Crippen LogP contribution in [-0.2, 0) is 16.5 Å². The first kappa shape index (κ1) is 28.3. The Morgan fingerprint density at radius 3 is 2.36 bits per heavy atom. The first-order chi connectivity index (χ1) is 18.5. The predicted molar refractivity (Wildman–Crippen MR) is 151 cm³/mol. The van der Waals surface area contributed by atoms with Crippen LogP contribution >= 0.6 is 23.2 Å². The number of hydrogen-bond acceptors (Lipinski definition) is 7. The minimum Gasteiger partial charge on any atom is -0.505 e. The van der Waals surface area contributed by atoms with Gasteiger partial charge in [-0.05, 0) is 60.7 Å². The Morgan fingerprint density at radius 1 is 0.974 bits per heavy atom. The maximum absolute atomic E-state index is 13.2. The normalized spacial score (nSPS) is 11.7. The van der Waals surface area contributed by atoms with Crippen molar-refractivity contribution in [3.8, 4) is 11.5 Å². The maximum atomic E-state index is 13.2. The number of phenolic OH excluding ortho intramolecular Hbond substituents is 1. The van der Waals surface area contributed by atoms with Crippen LogP contribution in [0.3, 0.4) is 0 Å². The fourth-order valence-electron chi connectivity index (χ4n) is 3.90. The van der Waals surface area contributed by atoms with Crippen molar-refractivity contribution in [2.24, 2.45) is 10.2 Å². The van der Waals surface area contributed by atoms with Crippen LogP contribution in [0, 0.1) is 0 Å². The molecule has 0 aliphatic heterocycles. The van der Waals surface area contributed by atoms with E-state index in [1.807, 2.05) is 6.92 Å². The summed E-state index contributed by atoms with van der Waals surface area (Å²) < 4.78 is 38.0. The monoisotopic (exact) mass is 587 g/mol. The Labute approximate surface area is 234 Å². The molecule has 0 aliphatic rings. The summed E-state index contributed by atoms with van der Waals surface area (Å²) in [5.41, 5.74) is 0.913. The summed E-state index contributed by atoms with van der Waals surface area (Å²) in [4.78, 5) is 12.8. The van der Waals surface area contributed by atoms with E-state index in [1.165, 1.54) is 18.2 Å². The lowest BCUT2D eigenvalue weighted by atomic mass is 10.0. The minimum atomic E-state index is -4.48. The van der Waals surface area contributed by atoms with Crippen molar-refractivity contribution in [2.45, 2.75) is 25.2 Å². The van der Waals surface area contributed by atoms with Crippen LogP contribution in [0.5, 0.6) is 11.5 Å². The smallest absolute Gasteiger partial charge is 0.294 e. The predicted octanol–water partition coefficient (Wildman–Crippen LogP) is 7.73. The van der Waals surface area contributed by atoms with Gasteiger partial charge in [0.2, 0.25) is 0 Å². The number of ether oxygens (including phenoxy) is 1. The van der Waals surface area contributed by atoms with E-state index in [0.717, 1.165) is 6.07 Å². The number of aryl methyl sites for hydroxylation is 1. The van der Waals surface area contributed by atoms with Gasteiger partial charge in [-0.3, -0.25) is 9.35 Å². The number of aromatic hydroxyl groups is 1. The van der Waals surface area contributed by atoms with Crippen molar-refractivity contribution < 1.29 is 27.6 Å². The van der Waals surface area contributed by atoms with Crippen LogP contribution in [0.2, 0.25) is 10.0 Å². The summed E-state index contributed by atoms with van der Waals surface area (Å²) in [7, 11) is -4.48. The van der Waals surface area contributed by atoms with Crippen LogP contribution in [0.15, 0.2) is 75.8 Å². The highest BCUT2D eigenvalue weighted by atomic mass is 35.5. The van der Waals surface area contributed by atoms with E-state index in [1.54, 1.807) is 43.3 Å². The molecule has 4 aromatic carbocycles. The van der Waals surface area contributed by atoms with Crippen molar-refractivity contribution in [1.29, 1.82) is 0 Å². The zero-order valence-electron chi connectivity index (χ0n) is 20.8. The van der Waals surface area contributed by atoms with Gasteiger partial charge in [-0.15, -0.1) is 10.2 Å². The van der Waals surface area contributed by atoms with Gasteiger partial charge >= 0.3 is 0 Å². The van der Waals surface area contributed by atoms with Crippen molar-refractivity contribution in [3.63, 3.8) is 0 Å². The Bertz CT molecular complexity index is 1720. The van der Waals surface area contributed by atoms with Gasteiger partial charge in [0.1, 0.15) is 17.1 Å². The fraction of sp³-hybridized carbons (Fsp3) is 0.148. The molecule has 0 fully saturated rings. The number of nitrogens with zero attached hydrogens (tertiary/aromatic N) is 2.